The molecule has 0 radical (unpaired) electrons. The summed E-state index contributed by atoms with van der Waals surface area (Å²) in [4.78, 5) is 4.72. The zero-order chi connectivity index (χ0) is 29.7. The van der Waals surface area contributed by atoms with E-state index < -0.39 is 0 Å². The topological polar surface area (TPSA) is 44.9 Å². The van der Waals surface area contributed by atoms with Crippen molar-refractivity contribution in [2.75, 3.05) is 0 Å². The van der Waals surface area contributed by atoms with Crippen LogP contribution in [-0.2, 0) is 6.42 Å². The predicted octanol–water partition coefficient (Wildman–Crippen LogP) is 9.80. The van der Waals surface area contributed by atoms with E-state index in [4.69, 9.17) is 14.8 Å². The lowest BCUT2D eigenvalue weighted by molar-refractivity contribution is 0.446. The van der Waals surface area contributed by atoms with Crippen molar-refractivity contribution in [3.8, 4) is 23.0 Å². The van der Waals surface area contributed by atoms with Crippen molar-refractivity contribution in [2.45, 2.75) is 59.8 Å². The Labute approximate surface area is 253 Å². The Hall–Kier alpha value is -4.64. The first kappa shape index (κ1) is 27.2. The third-order valence-corrected chi connectivity index (χ3v) is 9.07. The maximum atomic E-state index is 6.54. The second-order valence-electron chi connectivity index (χ2n) is 12.0. The number of allylic oxidation sites excluding steroid dienone is 2. The molecule has 7 rings (SSSR count). The van der Waals surface area contributed by atoms with Crippen LogP contribution in [0.15, 0.2) is 96.7 Å². The van der Waals surface area contributed by atoms with Crippen LogP contribution in [0.2, 0.25) is 0 Å². The summed E-state index contributed by atoms with van der Waals surface area (Å²) in [6.45, 7) is 11.2. The highest BCUT2D eigenvalue weighted by Crippen LogP contribution is 2.42. The molecule has 5 heteroatoms. The van der Waals surface area contributed by atoms with Gasteiger partial charge in [0.05, 0.1) is 22.4 Å². The lowest BCUT2D eigenvalue weighted by atomic mass is 9.75. The van der Waals surface area contributed by atoms with E-state index >= 15 is 0 Å². The molecule has 2 atom stereocenters. The van der Waals surface area contributed by atoms with E-state index in [1.165, 1.54) is 46.0 Å². The fraction of sp³-hybridized carbons (Fsp3) is 0.263. The number of aryl methyl sites for hydroxylation is 2. The Bertz CT molecular complexity index is 2010. The summed E-state index contributed by atoms with van der Waals surface area (Å²) >= 11 is 0. The molecule has 3 heterocycles. The second-order valence-corrected chi connectivity index (χ2v) is 12.0. The molecule has 0 bridgehead atoms. The van der Waals surface area contributed by atoms with Gasteiger partial charge in [-0.05, 0) is 94.0 Å². The van der Waals surface area contributed by atoms with Crippen molar-refractivity contribution in [1.29, 1.82) is 0 Å². The number of hydrogen-bond acceptors (Lipinski definition) is 3. The van der Waals surface area contributed by atoms with Crippen molar-refractivity contribution in [3.05, 3.63) is 119 Å². The molecule has 1 aliphatic rings. The first-order valence-electron chi connectivity index (χ1n) is 15.4. The van der Waals surface area contributed by atoms with Crippen LogP contribution in [0.4, 0.5) is 0 Å². The van der Waals surface area contributed by atoms with Crippen LogP contribution in [-0.4, -0.2) is 19.3 Å². The smallest absolute Gasteiger partial charge is 0.137 e. The van der Waals surface area contributed by atoms with Crippen LogP contribution >= 0.6 is 0 Å². The van der Waals surface area contributed by atoms with E-state index in [-0.39, 0.29) is 0 Å². The van der Waals surface area contributed by atoms with Crippen molar-refractivity contribution in [1.82, 2.24) is 19.3 Å². The minimum absolute atomic E-state index is 0.429. The van der Waals surface area contributed by atoms with Gasteiger partial charge in [0.15, 0.2) is 0 Å². The molecular weight excluding hydrogens is 528 g/mol. The maximum absolute atomic E-state index is 6.54. The van der Waals surface area contributed by atoms with Gasteiger partial charge >= 0.3 is 0 Å². The Morgan fingerprint density at radius 2 is 1.67 bits per heavy atom. The first-order valence-corrected chi connectivity index (χ1v) is 15.4. The molecule has 1 aliphatic carbocycles. The molecule has 0 spiro atoms. The van der Waals surface area contributed by atoms with Crippen LogP contribution in [0.5, 0.6) is 11.5 Å². The zero-order valence-corrected chi connectivity index (χ0v) is 25.6. The minimum atomic E-state index is 0.429. The summed E-state index contributed by atoms with van der Waals surface area (Å²) in [6, 6.07) is 27.3. The van der Waals surface area contributed by atoms with Crippen molar-refractivity contribution in [2.24, 2.45) is 5.92 Å². The molecule has 43 heavy (non-hydrogen) atoms. The Morgan fingerprint density at radius 1 is 0.860 bits per heavy atom. The Kier molecular flexibility index (Phi) is 6.89. The quantitative estimate of drug-likeness (QED) is 0.189. The predicted molar refractivity (Wildman–Crippen MR) is 176 cm³/mol. The zero-order valence-electron chi connectivity index (χ0n) is 25.6. The number of ether oxygens (including phenoxy) is 1. The van der Waals surface area contributed by atoms with Crippen LogP contribution in [0.3, 0.4) is 0 Å². The first-order chi connectivity index (χ1) is 20.9. The van der Waals surface area contributed by atoms with E-state index in [0.717, 1.165) is 46.2 Å². The molecule has 1 unspecified atom stereocenters. The highest BCUT2D eigenvalue weighted by atomic mass is 16.5. The lowest BCUT2D eigenvalue weighted by Crippen LogP contribution is -2.17. The van der Waals surface area contributed by atoms with Gasteiger partial charge in [0.1, 0.15) is 17.3 Å². The molecule has 0 amide bonds. The molecule has 0 aliphatic heterocycles. The molecule has 0 saturated heterocycles. The van der Waals surface area contributed by atoms with Gasteiger partial charge < -0.3 is 4.74 Å². The highest BCUT2D eigenvalue weighted by Gasteiger charge is 2.30. The van der Waals surface area contributed by atoms with E-state index in [2.05, 4.69) is 117 Å². The fourth-order valence-electron chi connectivity index (χ4n) is 7.09. The fourth-order valence-corrected chi connectivity index (χ4v) is 7.09. The van der Waals surface area contributed by atoms with Crippen LogP contribution in [0.25, 0.3) is 33.3 Å². The number of aromatic nitrogens is 4. The number of hydrogen-bond donors (Lipinski definition) is 0. The van der Waals surface area contributed by atoms with Gasteiger partial charge in [-0.2, -0.15) is 5.10 Å². The number of benzene rings is 3. The third-order valence-electron chi connectivity index (χ3n) is 9.07. The standard InChI is InChI=1S/C38H38N4O/c1-6-33-38(37-25(3)11-9-12-26(37)4)27(5)40-42(33)28-13-10-14-29(22-28)43-30-17-18-32-31-15-7-8-16-34(31)41(35(32)23-30)36-21-24(2)19-20-39-36/h7-8,10-11,13-23,26,37H,6,9,12H2,1-5H3/t26-,37?/m0/s1. The van der Waals surface area contributed by atoms with Gasteiger partial charge in [0.2, 0.25) is 0 Å². The van der Waals surface area contributed by atoms with E-state index in [1.54, 1.807) is 0 Å². The van der Waals surface area contributed by atoms with Gasteiger partial charge in [-0.15, -0.1) is 0 Å². The van der Waals surface area contributed by atoms with Crippen LogP contribution in [0, 0.1) is 19.8 Å². The van der Waals surface area contributed by atoms with E-state index in [9.17, 15) is 0 Å². The summed E-state index contributed by atoms with van der Waals surface area (Å²) in [6.07, 6.45) is 7.61. The largest absolute Gasteiger partial charge is 0.457 e. The number of fused-ring (bicyclic) bond motifs is 3. The SMILES string of the molecule is CCc1c(C2C(C)=CCC[C@@H]2C)c(C)nn1-c1cccc(Oc2ccc3c4ccccc4n(-c4cc(C)ccn4)c3c2)c1. The van der Waals surface area contributed by atoms with E-state index in [0.29, 0.717) is 11.8 Å². The summed E-state index contributed by atoms with van der Waals surface area (Å²) in [5.74, 6) is 3.51. The van der Waals surface area contributed by atoms with Gasteiger partial charge in [-0.3, -0.25) is 4.57 Å². The van der Waals surface area contributed by atoms with Gasteiger partial charge in [0.25, 0.3) is 0 Å². The van der Waals surface area contributed by atoms with Gasteiger partial charge in [-0.25, -0.2) is 9.67 Å². The monoisotopic (exact) mass is 566 g/mol. The molecular formula is C38H38N4O. The molecule has 6 aromatic rings. The summed E-state index contributed by atoms with van der Waals surface area (Å²) in [5, 5.41) is 7.46. The van der Waals surface area contributed by atoms with Crippen molar-refractivity contribution in [3.63, 3.8) is 0 Å². The number of rotatable bonds is 6. The average Bonchev–Trinajstić information content (AvgIpc) is 3.51. The molecule has 3 aromatic carbocycles. The third kappa shape index (κ3) is 4.73. The van der Waals surface area contributed by atoms with Gasteiger partial charge in [-0.1, -0.05) is 49.8 Å². The highest BCUT2D eigenvalue weighted by molar-refractivity contribution is 6.09. The number of nitrogens with zero attached hydrogens (tertiary/aromatic N) is 4. The minimum Gasteiger partial charge on any atom is -0.457 e. The number of para-hydroxylation sites is 1. The lowest BCUT2D eigenvalue weighted by Gasteiger charge is -2.29. The van der Waals surface area contributed by atoms with Crippen LogP contribution < -0.4 is 4.74 Å². The molecule has 0 fully saturated rings. The van der Waals surface area contributed by atoms with E-state index in [1.807, 2.05) is 18.3 Å². The number of pyridine rings is 1. The summed E-state index contributed by atoms with van der Waals surface area (Å²) in [7, 11) is 0. The molecule has 3 aromatic heterocycles. The normalized spacial score (nSPS) is 17.0. The van der Waals surface area contributed by atoms with Gasteiger partial charge in [0, 0.05) is 46.3 Å². The summed E-state index contributed by atoms with van der Waals surface area (Å²) in [5.41, 5.74) is 9.68. The van der Waals surface area contributed by atoms with Crippen LogP contribution in [0.1, 0.15) is 62.0 Å². The summed E-state index contributed by atoms with van der Waals surface area (Å²) < 4.78 is 10.9. The Balaban J connectivity index is 1.28. The van der Waals surface area contributed by atoms with Crippen molar-refractivity contribution >= 4 is 21.8 Å². The Morgan fingerprint density at radius 3 is 2.49 bits per heavy atom. The second kappa shape index (κ2) is 10.9. The van der Waals surface area contributed by atoms with Crippen molar-refractivity contribution < 1.29 is 4.74 Å². The molecule has 0 N–H and O–H groups in total. The molecule has 0 saturated carbocycles. The maximum Gasteiger partial charge on any atom is 0.137 e. The molecule has 5 nitrogen and oxygen atoms in total. The molecule has 216 valence electrons. The average molecular weight is 567 g/mol.